The second-order valence-corrected chi connectivity index (χ2v) is 5.55. The SMILES string of the molecule is CCCNC(c1cc(C)cc(C)c1)c1ccc(COC)o1. The van der Waals surface area contributed by atoms with Gasteiger partial charge in [0.1, 0.15) is 18.1 Å². The van der Waals surface area contributed by atoms with Crippen molar-refractivity contribution < 1.29 is 9.15 Å². The van der Waals surface area contributed by atoms with Gasteiger partial charge in [-0.3, -0.25) is 0 Å². The Morgan fingerprint density at radius 2 is 1.86 bits per heavy atom. The van der Waals surface area contributed by atoms with E-state index in [0.717, 1.165) is 24.5 Å². The van der Waals surface area contributed by atoms with Crippen molar-refractivity contribution in [3.8, 4) is 0 Å². The van der Waals surface area contributed by atoms with Gasteiger partial charge < -0.3 is 14.5 Å². The number of nitrogens with one attached hydrogen (secondary N) is 1. The van der Waals surface area contributed by atoms with Crippen molar-refractivity contribution in [3.05, 3.63) is 58.5 Å². The van der Waals surface area contributed by atoms with Crippen LogP contribution in [-0.2, 0) is 11.3 Å². The van der Waals surface area contributed by atoms with Crippen LogP contribution < -0.4 is 5.32 Å². The third-order valence-electron chi connectivity index (χ3n) is 3.43. The largest absolute Gasteiger partial charge is 0.462 e. The zero-order valence-corrected chi connectivity index (χ0v) is 13.4. The molecule has 0 aliphatic heterocycles. The number of furan rings is 1. The highest BCUT2D eigenvalue weighted by Crippen LogP contribution is 2.26. The molecule has 1 aromatic carbocycles. The van der Waals surface area contributed by atoms with Gasteiger partial charge in [0.25, 0.3) is 0 Å². The van der Waals surface area contributed by atoms with E-state index in [9.17, 15) is 0 Å². The van der Waals surface area contributed by atoms with Crippen molar-refractivity contribution in [2.75, 3.05) is 13.7 Å². The Kier molecular flexibility index (Phi) is 5.59. The van der Waals surface area contributed by atoms with E-state index in [0.29, 0.717) is 6.61 Å². The van der Waals surface area contributed by atoms with Gasteiger partial charge in [-0.2, -0.15) is 0 Å². The Labute approximate surface area is 127 Å². The van der Waals surface area contributed by atoms with Crippen LogP contribution in [0.1, 0.15) is 47.6 Å². The van der Waals surface area contributed by atoms with Gasteiger partial charge in [-0.1, -0.05) is 36.2 Å². The molecule has 2 rings (SSSR count). The fourth-order valence-electron chi connectivity index (χ4n) is 2.62. The van der Waals surface area contributed by atoms with E-state index in [1.165, 1.54) is 16.7 Å². The van der Waals surface area contributed by atoms with Crippen LogP contribution in [0.3, 0.4) is 0 Å². The van der Waals surface area contributed by atoms with Gasteiger partial charge in [-0.15, -0.1) is 0 Å². The fraction of sp³-hybridized carbons (Fsp3) is 0.444. The number of methoxy groups -OCH3 is 1. The summed E-state index contributed by atoms with van der Waals surface area (Å²) in [6.07, 6.45) is 1.09. The number of benzene rings is 1. The van der Waals surface area contributed by atoms with Gasteiger partial charge in [-0.05, 0) is 44.5 Å². The molecule has 21 heavy (non-hydrogen) atoms. The topological polar surface area (TPSA) is 34.4 Å². The number of aryl methyl sites for hydroxylation is 2. The second-order valence-electron chi connectivity index (χ2n) is 5.55. The lowest BCUT2D eigenvalue weighted by molar-refractivity contribution is 0.162. The Morgan fingerprint density at radius 3 is 2.48 bits per heavy atom. The third-order valence-corrected chi connectivity index (χ3v) is 3.43. The van der Waals surface area contributed by atoms with E-state index in [4.69, 9.17) is 9.15 Å². The smallest absolute Gasteiger partial charge is 0.129 e. The van der Waals surface area contributed by atoms with Gasteiger partial charge >= 0.3 is 0 Å². The van der Waals surface area contributed by atoms with E-state index in [1.54, 1.807) is 7.11 Å². The molecule has 0 saturated heterocycles. The van der Waals surface area contributed by atoms with Crippen LogP contribution in [0.5, 0.6) is 0 Å². The lowest BCUT2D eigenvalue weighted by atomic mass is 9.99. The Balaban J connectivity index is 2.31. The molecule has 1 heterocycles. The van der Waals surface area contributed by atoms with Crippen LogP contribution in [0.25, 0.3) is 0 Å². The average Bonchev–Trinajstić information content (AvgIpc) is 2.87. The average molecular weight is 287 g/mol. The molecule has 0 saturated carbocycles. The summed E-state index contributed by atoms with van der Waals surface area (Å²) >= 11 is 0. The molecule has 0 amide bonds. The minimum absolute atomic E-state index is 0.0918. The van der Waals surface area contributed by atoms with Gasteiger partial charge in [0.2, 0.25) is 0 Å². The minimum Gasteiger partial charge on any atom is -0.462 e. The molecule has 1 aromatic heterocycles. The van der Waals surface area contributed by atoms with E-state index in [-0.39, 0.29) is 6.04 Å². The highest BCUT2D eigenvalue weighted by atomic mass is 16.5. The summed E-state index contributed by atoms with van der Waals surface area (Å²) in [4.78, 5) is 0. The molecule has 1 atom stereocenters. The second kappa shape index (κ2) is 7.43. The number of hydrogen-bond acceptors (Lipinski definition) is 3. The third kappa shape index (κ3) is 4.19. The van der Waals surface area contributed by atoms with Crippen molar-refractivity contribution in [3.63, 3.8) is 0 Å². The van der Waals surface area contributed by atoms with E-state index in [1.807, 2.05) is 12.1 Å². The van der Waals surface area contributed by atoms with Crippen LogP contribution in [0.4, 0.5) is 0 Å². The van der Waals surface area contributed by atoms with Gasteiger partial charge in [0, 0.05) is 7.11 Å². The summed E-state index contributed by atoms with van der Waals surface area (Å²) in [6.45, 7) is 7.90. The van der Waals surface area contributed by atoms with Crippen molar-refractivity contribution in [2.24, 2.45) is 0 Å². The van der Waals surface area contributed by atoms with Crippen LogP contribution in [0, 0.1) is 13.8 Å². The first-order chi connectivity index (χ1) is 10.1. The maximum atomic E-state index is 5.93. The van der Waals surface area contributed by atoms with Crippen LogP contribution in [0.15, 0.2) is 34.7 Å². The first-order valence-electron chi connectivity index (χ1n) is 7.53. The quantitative estimate of drug-likeness (QED) is 0.831. The highest BCUT2D eigenvalue weighted by molar-refractivity contribution is 5.34. The summed E-state index contributed by atoms with van der Waals surface area (Å²) in [5, 5.41) is 3.58. The molecule has 1 N–H and O–H groups in total. The molecule has 0 bridgehead atoms. The molecule has 0 aliphatic carbocycles. The predicted molar refractivity (Wildman–Crippen MR) is 85.5 cm³/mol. The summed E-state index contributed by atoms with van der Waals surface area (Å²) in [6, 6.07) is 10.8. The maximum absolute atomic E-state index is 5.93. The molecule has 2 aromatic rings. The molecule has 0 radical (unpaired) electrons. The Hall–Kier alpha value is -1.58. The number of ether oxygens (including phenoxy) is 1. The molecule has 114 valence electrons. The van der Waals surface area contributed by atoms with E-state index >= 15 is 0 Å². The molecule has 1 unspecified atom stereocenters. The summed E-state index contributed by atoms with van der Waals surface area (Å²) in [5.74, 6) is 1.81. The molecule has 0 fully saturated rings. The zero-order chi connectivity index (χ0) is 15.2. The fourth-order valence-corrected chi connectivity index (χ4v) is 2.62. The summed E-state index contributed by atoms with van der Waals surface area (Å²) < 4.78 is 11.1. The van der Waals surface area contributed by atoms with E-state index < -0.39 is 0 Å². The molecule has 3 nitrogen and oxygen atoms in total. The molecular weight excluding hydrogens is 262 g/mol. The Bertz CT molecular complexity index is 554. The van der Waals surface area contributed by atoms with Crippen molar-refractivity contribution in [1.29, 1.82) is 0 Å². The Morgan fingerprint density at radius 1 is 1.14 bits per heavy atom. The molecular formula is C18H25NO2. The van der Waals surface area contributed by atoms with Crippen LogP contribution in [0.2, 0.25) is 0 Å². The number of hydrogen-bond donors (Lipinski definition) is 1. The molecule has 0 aliphatic rings. The first-order valence-corrected chi connectivity index (χ1v) is 7.53. The van der Waals surface area contributed by atoms with Crippen molar-refractivity contribution in [1.82, 2.24) is 5.32 Å². The van der Waals surface area contributed by atoms with Crippen molar-refractivity contribution in [2.45, 2.75) is 39.8 Å². The summed E-state index contributed by atoms with van der Waals surface area (Å²) in [7, 11) is 1.68. The normalized spacial score (nSPS) is 12.6. The highest BCUT2D eigenvalue weighted by Gasteiger charge is 2.18. The van der Waals surface area contributed by atoms with Crippen LogP contribution >= 0.6 is 0 Å². The minimum atomic E-state index is 0.0918. The number of rotatable bonds is 7. The lowest BCUT2D eigenvalue weighted by Gasteiger charge is -2.18. The van der Waals surface area contributed by atoms with Crippen molar-refractivity contribution >= 4 is 0 Å². The van der Waals surface area contributed by atoms with Gasteiger partial charge in [0.15, 0.2) is 0 Å². The maximum Gasteiger partial charge on any atom is 0.129 e. The van der Waals surface area contributed by atoms with E-state index in [2.05, 4.69) is 44.3 Å². The standard InChI is InChI=1S/C18H25NO2/c1-5-8-19-18(15-10-13(2)9-14(3)11-15)17-7-6-16(21-17)12-20-4/h6-7,9-11,18-19H,5,8,12H2,1-4H3. The first kappa shape index (κ1) is 15.8. The van der Waals surface area contributed by atoms with Crippen LogP contribution in [-0.4, -0.2) is 13.7 Å². The monoisotopic (exact) mass is 287 g/mol. The van der Waals surface area contributed by atoms with Gasteiger partial charge in [-0.25, -0.2) is 0 Å². The lowest BCUT2D eigenvalue weighted by Crippen LogP contribution is -2.23. The summed E-state index contributed by atoms with van der Waals surface area (Å²) in [5.41, 5.74) is 3.80. The zero-order valence-electron chi connectivity index (χ0n) is 13.4. The predicted octanol–water partition coefficient (Wildman–Crippen LogP) is 4.13. The molecule has 3 heteroatoms. The molecule has 0 spiro atoms. The van der Waals surface area contributed by atoms with Gasteiger partial charge in [0.05, 0.1) is 6.04 Å².